The van der Waals surface area contributed by atoms with Gasteiger partial charge in [0.15, 0.2) is 0 Å². The fraction of sp³-hybridized carbons (Fsp3) is 0.500. The van der Waals surface area contributed by atoms with Gasteiger partial charge in [-0.05, 0) is 37.3 Å². The predicted octanol–water partition coefficient (Wildman–Crippen LogP) is 3.69. The second kappa shape index (κ2) is 7.41. The van der Waals surface area contributed by atoms with Crippen molar-refractivity contribution in [2.75, 3.05) is 6.54 Å². The Kier molecular flexibility index (Phi) is 5.57. The summed E-state index contributed by atoms with van der Waals surface area (Å²) < 4.78 is 0. The SMILES string of the molecule is CC(CC(C)(C)c1ccccc1)NCCCc1ncc[nH]1. The minimum atomic E-state index is 0.203. The molecule has 1 aromatic heterocycles. The number of nitrogens with one attached hydrogen (secondary N) is 2. The first-order valence-corrected chi connectivity index (χ1v) is 7.85. The molecule has 3 nitrogen and oxygen atoms in total. The first-order chi connectivity index (χ1) is 10.1. The highest BCUT2D eigenvalue weighted by Crippen LogP contribution is 2.28. The van der Waals surface area contributed by atoms with Gasteiger partial charge in [-0.1, -0.05) is 44.2 Å². The lowest BCUT2D eigenvalue weighted by Gasteiger charge is -2.29. The van der Waals surface area contributed by atoms with Crippen molar-refractivity contribution in [1.29, 1.82) is 0 Å². The van der Waals surface area contributed by atoms with Crippen LogP contribution < -0.4 is 5.32 Å². The van der Waals surface area contributed by atoms with E-state index in [4.69, 9.17) is 0 Å². The van der Waals surface area contributed by atoms with E-state index in [9.17, 15) is 0 Å². The van der Waals surface area contributed by atoms with Crippen molar-refractivity contribution in [1.82, 2.24) is 15.3 Å². The second-order valence-electron chi connectivity index (χ2n) is 6.45. The third-order valence-corrected chi connectivity index (χ3v) is 4.01. The molecule has 0 amide bonds. The molecule has 1 heterocycles. The van der Waals surface area contributed by atoms with Crippen LogP contribution in [-0.4, -0.2) is 22.6 Å². The molecule has 0 spiro atoms. The molecule has 0 aliphatic carbocycles. The van der Waals surface area contributed by atoms with Gasteiger partial charge in [-0.3, -0.25) is 0 Å². The monoisotopic (exact) mass is 285 g/mol. The standard InChI is InChI=1S/C18H27N3/c1-15(19-11-7-10-17-20-12-13-21-17)14-18(2,3)16-8-5-4-6-9-16/h4-6,8-9,12-13,15,19H,7,10-11,14H2,1-3H3,(H,20,21). The van der Waals surface area contributed by atoms with E-state index in [1.54, 1.807) is 0 Å². The summed E-state index contributed by atoms with van der Waals surface area (Å²) in [7, 11) is 0. The average molecular weight is 285 g/mol. The van der Waals surface area contributed by atoms with Gasteiger partial charge in [0.2, 0.25) is 0 Å². The Labute approximate surface area is 128 Å². The van der Waals surface area contributed by atoms with Crippen LogP contribution in [0.15, 0.2) is 42.7 Å². The summed E-state index contributed by atoms with van der Waals surface area (Å²) >= 11 is 0. The van der Waals surface area contributed by atoms with Crippen LogP contribution >= 0.6 is 0 Å². The van der Waals surface area contributed by atoms with Gasteiger partial charge >= 0.3 is 0 Å². The van der Waals surface area contributed by atoms with Crippen LogP contribution in [0.3, 0.4) is 0 Å². The van der Waals surface area contributed by atoms with Crippen LogP contribution in [-0.2, 0) is 11.8 Å². The number of aromatic nitrogens is 2. The lowest BCUT2D eigenvalue weighted by molar-refractivity contribution is 0.387. The minimum Gasteiger partial charge on any atom is -0.349 e. The molecular formula is C18H27N3. The number of benzene rings is 1. The van der Waals surface area contributed by atoms with Crippen LogP contribution in [0.1, 0.15) is 45.0 Å². The number of hydrogen-bond acceptors (Lipinski definition) is 2. The zero-order valence-electron chi connectivity index (χ0n) is 13.4. The average Bonchev–Trinajstić information content (AvgIpc) is 2.97. The highest BCUT2D eigenvalue weighted by atomic mass is 14.9. The number of nitrogens with zero attached hydrogens (tertiary/aromatic N) is 1. The van der Waals surface area contributed by atoms with Crippen LogP contribution in [0, 0.1) is 0 Å². The van der Waals surface area contributed by atoms with Crippen molar-refractivity contribution < 1.29 is 0 Å². The maximum absolute atomic E-state index is 4.25. The van der Waals surface area contributed by atoms with Gasteiger partial charge in [-0.15, -0.1) is 0 Å². The van der Waals surface area contributed by atoms with Gasteiger partial charge in [0.1, 0.15) is 5.82 Å². The lowest BCUT2D eigenvalue weighted by Crippen LogP contribution is -2.34. The molecule has 1 atom stereocenters. The number of imidazole rings is 1. The topological polar surface area (TPSA) is 40.7 Å². The van der Waals surface area contributed by atoms with Crippen molar-refractivity contribution in [3.8, 4) is 0 Å². The summed E-state index contributed by atoms with van der Waals surface area (Å²) in [4.78, 5) is 7.39. The van der Waals surface area contributed by atoms with E-state index in [0.717, 1.165) is 31.6 Å². The quantitative estimate of drug-likeness (QED) is 0.726. The first kappa shape index (κ1) is 15.8. The van der Waals surface area contributed by atoms with Gasteiger partial charge in [0.05, 0.1) is 0 Å². The largest absolute Gasteiger partial charge is 0.349 e. The zero-order chi connectivity index (χ0) is 15.1. The van der Waals surface area contributed by atoms with E-state index in [2.05, 4.69) is 66.4 Å². The first-order valence-electron chi connectivity index (χ1n) is 7.85. The Balaban J connectivity index is 1.72. The van der Waals surface area contributed by atoms with Crippen molar-refractivity contribution in [2.45, 2.75) is 51.5 Å². The maximum Gasteiger partial charge on any atom is 0.106 e. The third-order valence-electron chi connectivity index (χ3n) is 4.01. The molecule has 2 N–H and O–H groups in total. The molecule has 0 bridgehead atoms. The summed E-state index contributed by atoms with van der Waals surface area (Å²) in [6.07, 6.45) is 6.96. The molecule has 0 saturated heterocycles. The summed E-state index contributed by atoms with van der Waals surface area (Å²) in [5.41, 5.74) is 1.61. The molecule has 2 rings (SSSR count). The molecule has 0 aliphatic heterocycles. The van der Waals surface area contributed by atoms with Gasteiger partial charge in [0, 0.05) is 24.9 Å². The molecule has 2 aromatic rings. The predicted molar refractivity (Wildman–Crippen MR) is 88.5 cm³/mol. The van der Waals surface area contributed by atoms with Crippen LogP contribution in [0.5, 0.6) is 0 Å². The van der Waals surface area contributed by atoms with Gasteiger partial charge < -0.3 is 10.3 Å². The van der Waals surface area contributed by atoms with E-state index in [0.29, 0.717) is 6.04 Å². The van der Waals surface area contributed by atoms with Gasteiger partial charge in [-0.25, -0.2) is 4.98 Å². The van der Waals surface area contributed by atoms with Crippen molar-refractivity contribution >= 4 is 0 Å². The summed E-state index contributed by atoms with van der Waals surface area (Å²) in [6.45, 7) is 7.96. The van der Waals surface area contributed by atoms with Crippen molar-refractivity contribution in [2.24, 2.45) is 0 Å². The molecule has 21 heavy (non-hydrogen) atoms. The number of rotatable bonds is 8. The summed E-state index contributed by atoms with van der Waals surface area (Å²) in [6, 6.07) is 11.3. The number of H-pyrrole nitrogens is 1. The normalized spacial score (nSPS) is 13.3. The lowest BCUT2D eigenvalue weighted by atomic mass is 9.79. The highest BCUT2D eigenvalue weighted by Gasteiger charge is 2.22. The fourth-order valence-electron chi connectivity index (χ4n) is 2.88. The van der Waals surface area contributed by atoms with Crippen LogP contribution in [0.25, 0.3) is 0 Å². The Morgan fingerprint density at radius 1 is 1.24 bits per heavy atom. The molecule has 1 unspecified atom stereocenters. The van der Waals surface area contributed by atoms with E-state index in [1.165, 1.54) is 5.56 Å². The number of aryl methyl sites for hydroxylation is 1. The molecule has 0 aliphatic rings. The third kappa shape index (κ3) is 5.01. The smallest absolute Gasteiger partial charge is 0.106 e. The van der Waals surface area contributed by atoms with Crippen LogP contribution in [0.2, 0.25) is 0 Å². The number of aromatic amines is 1. The molecule has 114 valence electrons. The fourth-order valence-corrected chi connectivity index (χ4v) is 2.88. The van der Waals surface area contributed by atoms with E-state index in [1.807, 2.05) is 12.4 Å². The second-order valence-corrected chi connectivity index (χ2v) is 6.45. The molecule has 0 saturated carbocycles. The molecule has 0 fully saturated rings. The van der Waals surface area contributed by atoms with E-state index < -0.39 is 0 Å². The maximum atomic E-state index is 4.25. The van der Waals surface area contributed by atoms with Crippen molar-refractivity contribution in [3.05, 3.63) is 54.1 Å². The molecule has 0 radical (unpaired) electrons. The molecule has 1 aromatic carbocycles. The van der Waals surface area contributed by atoms with Crippen LogP contribution in [0.4, 0.5) is 0 Å². The Hall–Kier alpha value is -1.61. The molecule has 3 heteroatoms. The Bertz CT molecular complexity index is 503. The van der Waals surface area contributed by atoms with Gasteiger partial charge in [-0.2, -0.15) is 0 Å². The van der Waals surface area contributed by atoms with Gasteiger partial charge in [0.25, 0.3) is 0 Å². The Morgan fingerprint density at radius 2 is 2.00 bits per heavy atom. The van der Waals surface area contributed by atoms with E-state index in [-0.39, 0.29) is 5.41 Å². The number of hydrogen-bond donors (Lipinski definition) is 2. The summed E-state index contributed by atoms with van der Waals surface area (Å²) in [5, 5.41) is 3.63. The van der Waals surface area contributed by atoms with E-state index >= 15 is 0 Å². The Morgan fingerprint density at radius 3 is 2.67 bits per heavy atom. The zero-order valence-corrected chi connectivity index (χ0v) is 13.4. The van der Waals surface area contributed by atoms with Crippen molar-refractivity contribution in [3.63, 3.8) is 0 Å². The highest BCUT2D eigenvalue weighted by molar-refractivity contribution is 5.23. The molecular weight excluding hydrogens is 258 g/mol. The minimum absolute atomic E-state index is 0.203. The summed E-state index contributed by atoms with van der Waals surface area (Å²) in [5.74, 6) is 1.08.